The fourth-order valence-corrected chi connectivity index (χ4v) is 4.51. The smallest absolute Gasteiger partial charge is 0.270 e. The highest BCUT2D eigenvalue weighted by atomic mass is 32.1. The summed E-state index contributed by atoms with van der Waals surface area (Å²) in [7, 11) is 1.62. The largest absolute Gasteiger partial charge is 0.495 e. The van der Waals surface area contributed by atoms with Crippen LogP contribution in [0, 0.1) is 10.1 Å². The predicted molar refractivity (Wildman–Crippen MR) is 132 cm³/mol. The van der Waals surface area contributed by atoms with Gasteiger partial charge in [-0.1, -0.05) is 30.3 Å². The number of para-hydroxylation sites is 2. The van der Waals surface area contributed by atoms with Gasteiger partial charge in [-0.05, 0) is 48.6 Å². The fourth-order valence-electron chi connectivity index (χ4n) is 4.17. The summed E-state index contributed by atoms with van der Waals surface area (Å²) in [6.07, 6.45) is 1.74. The van der Waals surface area contributed by atoms with Crippen LogP contribution in [0.1, 0.15) is 23.5 Å². The van der Waals surface area contributed by atoms with E-state index in [0.29, 0.717) is 27.9 Å². The first kappa shape index (κ1) is 21.6. The molecule has 0 radical (unpaired) electrons. The third kappa shape index (κ3) is 3.86. The Morgan fingerprint density at radius 1 is 1.09 bits per heavy atom. The van der Waals surface area contributed by atoms with E-state index in [1.165, 1.54) is 12.1 Å². The maximum Gasteiger partial charge on any atom is 0.270 e. The first-order valence-corrected chi connectivity index (χ1v) is 11.0. The van der Waals surface area contributed by atoms with E-state index in [0.717, 1.165) is 11.4 Å². The molecule has 2 aromatic heterocycles. The molecule has 0 bridgehead atoms. The van der Waals surface area contributed by atoms with E-state index in [-0.39, 0.29) is 17.8 Å². The summed E-state index contributed by atoms with van der Waals surface area (Å²) >= 11 is 5.75. The topological polar surface area (TPSA) is 93.7 Å². The number of furan rings is 1. The Bertz CT molecular complexity index is 1360. The minimum atomic E-state index is -0.423. The second kappa shape index (κ2) is 8.95. The van der Waals surface area contributed by atoms with Crippen molar-refractivity contribution in [2.45, 2.75) is 12.1 Å². The molecule has 0 saturated carbocycles. The van der Waals surface area contributed by atoms with Gasteiger partial charge in [-0.3, -0.25) is 15.1 Å². The van der Waals surface area contributed by atoms with Crippen molar-refractivity contribution in [2.75, 3.05) is 12.0 Å². The number of nitro groups is 1. The second-order valence-corrected chi connectivity index (χ2v) is 8.06. The number of ether oxygens (including phenoxy) is 1. The molecular weight excluding hydrogens is 452 g/mol. The van der Waals surface area contributed by atoms with Gasteiger partial charge in [0.1, 0.15) is 23.3 Å². The van der Waals surface area contributed by atoms with Crippen LogP contribution in [0.25, 0.3) is 11.3 Å². The molecule has 2 atom stereocenters. The molecule has 170 valence electrons. The van der Waals surface area contributed by atoms with E-state index in [4.69, 9.17) is 21.4 Å². The molecule has 0 aliphatic carbocycles. The van der Waals surface area contributed by atoms with Gasteiger partial charge in [0.05, 0.1) is 29.5 Å². The van der Waals surface area contributed by atoms with Crippen molar-refractivity contribution >= 4 is 28.7 Å². The third-order valence-electron chi connectivity index (χ3n) is 5.70. The molecule has 1 fully saturated rings. The highest BCUT2D eigenvalue weighted by Gasteiger charge is 2.43. The monoisotopic (exact) mass is 472 g/mol. The van der Waals surface area contributed by atoms with Crippen LogP contribution in [0.2, 0.25) is 0 Å². The lowest BCUT2D eigenvalue weighted by Gasteiger charge is -2.27. The second-order valence-electron chi connectivity index (χ2n) is 7.68. The molecule has 0 amide bonds. The van der Waals surface area contributed by atoms with Crippen LogP contribution in [0.5, 0.6) is 5.75 Å². The molecular formula is C25H20N4O4S. The molecule has 1 N–H and O–H groups in total. The maximum atomic E-state index is 11.2. The minimum absolute atomic E-state index is 0.00108. The van der Waals surface area contributed by atoms with Crippen LogP contribution in [0.3, 0.4) is 0 Å². The van der Waals surface area contributed by atoms with Gasteiger partial charge in [0.25, 0.3) is 5.69 Å². The molecule has 34 heavy (non-hydrogen) atoms. The number of nitro benzene ring substituents is 1. The van der Waals surface area contributed by atoms with Gasteiger partial charge in [-0.25, -0.2) is 0 Å². The molecule has 1 aliphatic heterocycles. The van der Waals surface area contributed by atoms with E-state index in [2.05, 4.69) is 10.3 Å². The number of nitrogens with zero attached hydrogens (tertiary/aromatic N) is 3. The van der Waals surface area contributed by atoms with Crippen LogP contribution >= 0.6 is 12.2 Å². The first-order valence-electron chi connectivity index (χ1n) is 10.5. The molecule has 1 aliphatic rings. The van der Waals surface area contributed by atoms with Gasteiger partial charge >= 0.3 is 0 Å². The van der Waals surface area contributed by atoms with Crippen molar-refractivity contribution in [1.29, 1.82) is 0 Å². The number of nitrogens with one attached hydrogen (secondary N) is 1. The number of aromatic nitrogens is 1. The summed E-state index contributed by atoms with van der Waals surface area (Å²) in [6, 6.07) is 22.7. The predicted octanol–water partition coefficient (Wildman–Crippen LogP) is 5.44. The number of pyridine rings is 1. The number of rotatable bonds is 6. The molecule has 2 aromatic carbocycles. The number of non-ortho nitro benzene ring substituents is 1. The lowest BCUT2D eigenvalue weighted by molar-refractivity contribution is -0.384. The Morgan fingerprint density at radius 3 is 2.68 bits per heavy atom. The zero-order valence-electron chi connectivity index (χ0n) is 18.1. The summed E-state index contributed by atoms with van der Waals surface area (Å²) in [5, 5.41) is 15.1. The standard InChI is InChI=1S/C25H20N4O4S/c1-32-21-11-3-2-10-19(21)28-24(23(27-25(28)34)18-9-4-5-14-26-18)22-13-12-20(33-22)16-7-6-8-17(15-16)29(30)31/h2-15,23-24H,1H3,(H,27,34)/t23-,24+/m0/s1. The summed E-state index contributed by atoms with van der Waals surface area (Å²) in [5.41, 5.74) is 2.22. The van der Waals surface area contributed by atoms with E-state index in [1.807, 2.05) is 59.5 Å². The lowest BCUT2D eigenvalue weighted by atomic mass is 10.0. The molecule has 0 unspecified atom stereocenters. The van der Waals surface area contributed by atoms with Crippen molar-refractivity contribution in [2.24, 2.45) is 0 Å². The maximum absolute atomic E-state index is 11.2. The minimum Gasteiger partial charge on any atom is -0.495 e. The molecule has 1 saturated heterocycles. The Hall–Kier alpha value is -4.24. The quantitative estimate of drug-likeness (QED) is 0.225. The SMILES string of the molecule is COc1ccccc1N1C(=S)N[C@@H](c2ccccn2)[C@H]1c1ccc(-c2cccc([N+](=O)[O-])c2)o1. The fraction of sp³-hybridized carbons (Fsp3) is 0.120. The van der Waals surface area contributed by atoms with Crippen LogP contribution in [0.15, 0.2) is 89.5 Å². The lowest BCUT2D eigenvalue weighted by Crippen LogP contribution is -2.29. The summed E-state index contributed by atoms with van der Waals surface area (Å²) in [4.78, 5) is 17.3. The van der Waals surface area contributed by atoms with E-state index < -0.39 is 4.92 Å². The third-order valence-corrected chi connectivity index (χ3v) is 6.02. The van der Waals surface area contributed by atoms with Crippen molar-refractivity contribution in [3.8, 4) is 17.1 Å². The van der Waals surface area contributed by atoms with Crippen molar-refractivity contribution in [3.63, 3.8) is 0 Å². The number of methoxy groups -OCH3 is 1. The number of hydrogen-bond acceptors (Lipinski definition) is 6. The van der Waals surface area contributed by atoms with Crippen LogP contribution in [-0.2, 0) is 0 Å². The Morgan fingerprint density at radius 2 is 1.91 bits per heavy atom. The molecule has 4 aromatic rings. The van der Waals surface area contributed by atoms with Gasteiger partial charge < -0.3 is 19.4 Å². The van der Waals surface area contributed by atoms with E-state index >= 15 is 0 Å². The summed E-state index contributed by atoms with van der Waals surface area (Å²) in [6.45, 7) is 0. The number of thiocarbonyl (C=S) groups is 1. The highest BCUT2D eigenvalue weighted by molar-refractivity contribution is 7.80. The number of anilines is 1. The number of benzene rings is 2. The van der Waals surface area contributed by atoms with Crippen molar-refractivity contribution < 1.29 is 14.1 Å². The first-order chi connectivity index (χ1) is 16.6. The molecule has 8 nitrogen and oxygen atoms in total. The van der Waals surface area contributed by atoms with Gasteiger partial charge in [-0.15, -0.1) is 0 Å². The Kier molecular flexibility index (Phi) is 5.69. The van der Waals surface area contributed by atoms with E-state index in [9.17, 15) is 10.1 Å². The Labute approximate surface area is 201 Å². The average molecular weight is 473 g/mol. The van der Waals surface area contributed by atoms with E-state index in [1.54, 1.807) is 25.4 Å². The van der Waals surface area contributed by atoms with Gasteiger partial charge in [0.2, 0.25) is 0 Å². The molecule has 3 heterocycles. The molecule has 0 spiro atoms. The number of hydrogen-bond donors (Lipinski definition) is 1. The highest BCUT2D eigenvalue weighted by Crippen LogP contribution is 2.45. The average Bonchev–Trinajstić information content (AvgIpc) is 3.49. The van der Waals surface area contributed by atoms with Gasteiger partial charge in [-0.2, -0.15) is 0 Å². The van der Waals surface area contributed by atoms with Crippen molar-refractivity contribution in [1.82, 2.24) is 10.3 Å². The van der Waals surface area contributed by atoms with Gasteiger partial charge in [0, 0.05) is 23.9 Å². The van der Waals surface area contributed by atoms with Crippen LogP contribution in [0.4, 0.5) is 11.4 Å². The molecule has 5 rings (SSSR count). The van der Waals surface area contributed by atoms with Crippen molar-refractivity contribution in [3.05, 3.63) is 107 Å². The van der Waals surface area contributed by atoms with Gasteiger partial charge in [0.15, 0.2) is 5.11 Å². The molecule has 9 heteroatoms. The summed E-state index contributed by atoms with van der Waals surface area (Å²) < 4.78 is 11.9. The Balaban J connectivity index is 1.61. The zero-order valence-corrected chi connectivity index (χ0v) is 18.9. The zero-order chi connectivity index (χ0) is 23.7. The normalized spacial score (nSPS) is 17.4. The van der Waals surface area contributed by atoms with Crippen LogP contribution < -0.4 is 15.0 Å². The summed E-state index contributed by atoms with van der Waals surface area (Å²) in [5.74, 6) is 1.83. The van der Waals surface area contributed by atoms with Crippen LogP contribution in [-0.4, -0.2) is 22.1 Å².